The average Bonchev–Trinajstić information content (AvgIpc) is 3.12. The standard InChI is InChI=1S/C26H28N2O6S/c1-28(15-5-16-32-22-7-3-2-4-8-22)26(29)20-9-11-21(12-10-20)27-35(30,31)23-13-14-24-25(19-23)34-18-6-17-33-24/h2-4,7-14,19,27H,5-6,15-18H2,1H3. The van der Waals surface area contributed by atoms with Crippen LogP contribution in [0.2, 0.25) is 0 Å². The molecule has 3 aromatic carbocycles. The van der Waals surface area contributed by atoms with Crippen LogP contribution in [0.1, 0.15) is 23.2 Å². The molecule has 0 aliphatic carbocycles. The van der Waals surface area contributed by atoms with E-state index in [0.29, 0.717) is 55.5 Å². The SMILES string of the molecule is CN(CCCOc1ccccc1)C(=O)c1ccc(NS(=O)(=O)c2ccc3c(c2)OCCCO3)cc1. The lowest BCUT2D eigenvalue weighted by Gasteiger charge is -2.18. The summed E-state index contributed by atoms with van der Waals surface area (Å²) in [6.45, 7) is 2.03. The van der Waals surface area contributed by atoms with Crippen LogP contribution in [0, 0.1) is 0 Å². The smallest absolute Gasteiger partial charge is 0.262 e. The number of fused-ring (bicyclic) bond motifs is 1. The highest BCUT2D eigenvalue weighted by molar-refractivity contribution is 7.92. The van der Waals surface area contributed by atoms with Gasteiger partial charge in [0.15, 0.2) is 11.5 Å². The summed E-state index contributed by atoms with van der Waals surface area (Å²) >= 11 is 0. The molecule has 1 amide bonds. The summed E-state index contributed by atoms with van der Waals surface area (Å²) in [7, 11) is -2.11. The average molecular weight is 497 g/mol. The van der Waals surface area contributed by atoms with Gasteiger partial charge in [-0.25, -0.2) is 8.42 Å². The zero-order valence-corrected chi connectivity index (χ0v) is 20.3. The van der Waals surface area contributed by atoms with Gasteiger partial charge in [0.2, 0.25) is 0 Å². The number of carbonyl (C=O) groups is 1. The number of ether oxygens (including phenoxy) is 3. The van der Waals surface area contributed by atoms with Gasteiger partial charge in [0.25, 0.3) is 15.9 Å². The molecule has 8 nitrogen and oxygen atoms in total. The molecule has 9 heteroatoms. The summed E-state index contributed by atoms with van der Waals surface area (Å²) in [6.07, 6.45) is 1.42. The maximum Gasteiger partial charge on any atom is 0.262 e. The first kappa shape index (κ1) is 24.4. The highest BCUT2D eigenvalue weighted by Crippen LogP contribution is 2.32. The fraction of sp³-hybridized carbons (Fsp3) is 0.269. The van der Waals surface area contributed by atoms with Crippen molar-refractivity contribution in [2.75, 3.05) is 38.1 Å². The van der Waals surface area contributed by atoms with Crippen molar-refractivity contribution in [3.63, 3.8) is 0 Å². The lowest BCUT2D eigenvalue weighted by Crippen LogP contribution is -2.28. The van der Waals surface area contributed by atoms with Crippen molar-refractivity contribution in [2.24, 2.45) is 0 Å². The van der Waals surface area contributed by atoms with Crippen molar-refractivity contribution in [1.29, 1.82) is 0 Å². The van der Waals surface area contributed by atoms with Crippen LogP contribution >= 0.6 is 0 Å². The summed E-state index contributed by atoms with van der Waals surface area (Å²) < 4.78 is 45.1. The molecule has 184 valence electrons. The molecule has 0 bridgehead atoms. The van der Waals surface area contributed by atoms with Crippen LogP contribution in [-0.2, 0) is 10.0 Å². The van der Waals surface area contributed by atoms with E-state index in [-0.39, 0.29) is 10.8 Å². The predicted octanol–water partition coefficient (Wildman–Crippen LogP) is 4.19. The third-order valence-corrected chi connectivity index (χ3v) is 6.79. The molecule has 1 heterocycles. The summed E-state index contributed by atoms with van der Waals surface area (Å²) in [6, 6.07) is 20.4. The third kappa shape index (κ3) is 6.45. The molecule has 1 aliphatic rings. The lowest BCUT2D eigenvalue weighted by molar-refractivity contribution is 0.0788. The molecule has 0 spiro atoms. The van der Waals surface area contributed by atoms with Crippen molar-refractivity contribution in [3.8, 4) is 17.2 Å². The number of amides is 1. The Bertz CT molecular complexity index is 1250. The number of carbonyl (C=O) groups excluding carboxylic acids is 1. The number of anilines is 1. The molecular formula is C26H28N2O6S. The second kappa shape index (κ2) is 11.1. The van der Waals surface area contributed by atoms with Gasteiger partial charge in [-0.2, -0.15) is 0 Å². The van der Waals surface area contributed by atoms with Gasteiger partial charge in [0.1, 0.15) is 5.75 Å². The molecule has 0 saturated heterocycles. The highest BCUT2D eigenvalue weighted by atomic mass is 32.2. The molecule has 0 fully saturated rings. The number of benzene rings is 3. The van der Waals surface area contributed by atoms with Crippen LogP contribution in [0.4, 0.5) is 5.69 Å². The van der Waals surface area contributed by atoms with Crippen molar-refractivity contribution in [1.82, 2.24) is 4.90 Å². The maximum atomic E-state index is 12.9. The van der Waals surface area contributed by atoms with Crippen molar-refractivity contribution in [3.05, 3.63) is 78.4 Å². The van der Waals surface area contributed by atoms with Crippen LogP contribution in [0.3, 0.4) is 0 Å². The second-order valence-electron chi connectivity index (χ2n) is 8.08. The van der Waals surface area contributed by atoms with Crippen LogP contribution in [0.25, 0.3) is 0 Å². The summed E-state index contributed by atoms with van der Waals surface area (Å²) in [5, 5.41) is 0. The Hall–Kier alpha value is -3.72. The zero-order chi connectivity index (χ0) is 24.7. The number of nitrogens with zero attached hydrogens (tertiary/aromatic N) is 1. The minimum Gasteiger partial charge on any atom is -0.494 e. The minimum absolute atomic E-state index is 0.0688. The van der Waals surface area contributed by atoms with Gasteiger partial charge < -0.3 is 19.1 Å². The van der Waals surface area contributed by atoms with E-state index < -0.39 is 10.0 Å². The lowest BCUT2D eigenvalue weighted by atomic mass is 10.2. The molecule has 0 radical (unpaired) electrons. The fourth-order valence-electron chi connectivity index (χ4n) is 3.54. The molecular weight excluding hydrogens is 468 g/mol. The second-order valence-corrected chi connectivity index (χ2v) is 9.77. The van der Waals surface area contributed by atoms with E-state index in [1.54, 1.807) is 42.3 Å². The van der Waals surface area contributed by atoms with E-state index in [2.05, 4.69) is 4.72 Å². The van der Waals surface area contributed by atoms with Crippen LogP contribution < -0.4 is 18.9 Å². The van der Waals surface area contributed by atoms with Crippen molar-refractivity contribution >= 4 is 21.6 Å². The zero-order valence-electron chi connectivity index (χ0n) is 19.5. The Balaban J connectivity index is 1.32. The van der Waals surface area contributed by atoms with Gasteiger partial charge in [-0.15, -0.1) is 0 Å². The molecule has 0 unspecified atom stereocenters. The Morgan fingerprint density at radius 1 is 0.971 bits per heavy atom. The van der Waals surface area contributed by atoms with Crippen LogP contribution in [0.15, 0.2) is 77.7 Å². The number of nitrogens with one attached hydrogen (secondary N) is 1. The monoisotopic (exact) mass is 496 g/mol. The number of hydrogen-bond donors (Lipinski definition) is 1. The molecule has 1 aliphatic heterocycles. The summed E-state index contributed by atoms with van der Waals surface area (Å²) in [4.78, 5) is 14.4. The number of hydrogen-bond acceptors (Lipinski definition) is 6. The van der Waals surface area contributed by atoms with E-state index in [1.807, 2.05) is 30.3 Å². The molecule has 0 atom stereocenters. The van der Waals surface area contributed by atoms with Gasteiger partial charge in [0, 0.05) is 37.3 Å². The Morgan fingerprint density at radius 2 is 1.69 bits per heavy atom. The number of para-hydroxylation sites is 1. The van der Waals surface area contributed by atoms with Crippen LogP contribution in [0.5, 0.6) is 17.2 Å². The molecule has 4 rings (SSSR count). The number of rotatable bonds is 9. The van der Waals surface area contributed by atoms with E-state index in [4.69, 9.17) is 14.2 Å². The maximum absolute atomic E-state index is 12.9. The first-order chi connectivity index (χ1) is 16.9. The Morgan fingerprint density at radius 3 is 2.43 bits per heavy atom. The first-order valence-electron chi connectivity index (χ1n) is 11.4. The Labute approximate surface area is 205 Å². The summed E-state index contributed by atoms with van der Waals surface area (Å²) in [5.74, 6) is 1.58. The van der Waals surface area contributed by atoms with Crippen molar-refractivity contribution < 1.29 is 27.4 Å². The minimum atomic E-state index is -3.84. The van der Waals surface area contributed by atoms with Crippen LogP contribution in [-0.4, -0.2) is 52.6 Å². The molecule has 35 heavy (non-hydrogen) atoms. The quantitative estimate of drug-likeness (QED) is 0.447. The van der Waals surface area contributed by atoms with E-state index in [0.717, 1.165) is 12.2 Å². The third-order valence-electron chi connectivity index (χ3n) is 5.41. The Kier molecular flexibility index (Phi) is 7.77. The van der Waals surface area contributed by atoms with Gasteiger partial charge in [-0.05, 0) is 55.0 Å². The van der Waals surface area contributed by atoms with E-state index in [1.165, 1.54) is 12.1 Å². The molecule has 0 aromatic heterocycles. The van der Waals surface area contributed by atoms with Gasteiger partial charge in [0.05, 0.1) is 24.7 Å². The molecule has 1 N–H and O–H groups in total. The predicted molar refractivity (Wildman–Crippen MR) is 133 cm³/mol. The summed E-state index contributed by atoms with van der Waals surface area (Å²) in [5.41, 5.74) is 0.822. The van der Waals surface area contributed by atoms with E-state index >= 15 is 0 Å². The van der Waals surface area contributed by atoms with Gasteiger partial charge in [-0.3, -0.25) is 9.52 Å². The number of sulfonamides is 1. The molecule has 0 saturated carbocycles. The highest BCUT2D eigenvalue weighted by Gasteiger charge is 2.19. The largest absolute Gasteiger partial charge is 0.494 e. The van der Waals surface area contributed by atoms with Gasteiger partial charge >= 0.3 is 0 Å². The normalized spacial score (nSPS) is 12.9. The fourth-order valence-corrected chi connectivity index (χ4v) is 4.61. The van der Waals surface area contributed by atoms with Crippen molar-refractivity contribution in [2.45, 2.75) is 17.7 Å². The first-order valence-corrected chi connectivity index (χ1v) is 12.9. The van der Waals surface area contributed by atoms with E-state index in [9.17, 15) is 13.2 Å². The molecule has 3 aromatic rings. The van der Waals surface area contributed by atoms with Gasteiger partial charge in [-0.1, -0.05) is 18.2 Å². The topological polar surface area (TPSA) is 94.2 Å².